The first kappa shape index (κ1) is 9.59. The van der Waals surface area contributed by atoms with E-state index in [2.05, 4.69) is 26.2 Å². The van der Waals surface area contributed by atoms with Crippen LogP contribution in [0.25, 0.3) is 0 Å². The molecule has 0 amide bonds. The fourth-order valence-corrected chi connectivity index (χ4v) is 2.20. The average molecular weight is 217 g/mol. The minimum Gasteiger partial charge on any atom is -0.333 e. The maximum atomic E-state index is 4.33. The van der Waals surface area contributed by atoms with Gasteiger partial charge < -0.3 is 9.88 Å². The highest BCUT2D eigenvalue weighted by atomic mass is 15.3. The molecule has 0 saturated heterocycles. The molecule has 16 heavy (non-hydrogen) atoms. The number of fused-ring (bicyclic) bond motifs is 1. The van der Waals surface area contributed by atoms with Gasteiger partial charge in [0, 0.05) is 50.3 Å². The lowest BCUT2D eigenvalue weighted by Crippen LogP contribution is -2.25. The van der Waals surface area contributed by atoms with Crippen molar-refractivity contribution in [2.45, 2.75) is 19.6 Å². The normalized spacial score (nSPS) is 20.4. The monoisotopic (exact) mass is 217 g/mol. The Labute approximate surface area is 94.1 Å². The molecule has 0 aromatic carbocycles. The van der Waals surface area contributed by atoms with Gasteiger partial charge in [0.2, 0.25) is 0 Å². The number of nitrogens with zero attached hydrogens (tertiary/aromatic N) is 4. The van der Waals surface area contributed by atoms with Gasteiger partial charge in [0.15, 0.2) is 0 Å². The molecule has 0 bridgehead atoms. The summed E-state index contributed by atoms with van der Waals surface area (Å²) in [5, 5.41) is 7.68. The maximum Gasteiger partial charge on any atom is 0.122 e. The lowest BCUT2D eigenvalue weighted by Gasteiger charge is -2.15. The third kappa shape index (κ3) is 1.86. The zero-order valence-electron chi connectivity index (χ0n) is 9.08. The molecule has 1 aliphatic rings. The minimum atomic E-state index is 0.565. The molecule has 0 unspecified atom stereocenters. The fourth-order valence-electron chi connectivity index (χ4n) is 2.20. The second-order valence-electron chi connectivity index (χ2n) is 4.22. The summed E-state index contributed by atoms with van der Waals surface area (Å²) in [7, 11) is 0. The summed E-state index contributed by atoms with van der Waals surface area (Å²) >= 11 is 0. The second-order valence-corrected chi connectivity index (χ2v) is 4.22. The molecule has 0 fully saturated rings. The Hall–Kier alpha value is -1.62. The van der Waals surface area contributed by atoms with E-state index in [0.29, 0.717) is 5.92 Å². The minimum absolute atomic E-state index is 0.565. The van der Waals surface area contributed by atoms with Gasteiger partial charge in [-0.25, -0.2) is 4.98 Å². The summed E-state index contributed by atoms with van der Waals surface area (Å²) in [4.78, 5) is 4.33. The van der Waals surface area contributed by atoms with Crippen LogP contribution < -0.4 is 5.32 Å². The molecule has 0 saturated carbocycles. The van der Waals surface area contributed by atoms with Crippen molar-refractivity contribution in [2.24, 2.45) is 5.92 Å². The van der Waals surface area contributed by atoms with Crippen molar-refractivity contribution in [3.8, 4) is 0 Å². The summed E-state index contributed by atoms with van der Waals surface area (Å²) in [5.74, 6) is 1.69. The van der Waals surface area contributed by atoms with Gasteiger partial charge in [-0.1, -0.05) is 0 Å². The molecule has 2 aromatic heterocycles. The molecule has 2 aromatic rings. The Morgan fingerprint density at radius 1 is 1.38 bits per heavy atom. The molecular formula is C11H15N5. The number of imidazole rings is 1. The molecule has 1 atom stereocenters. The highest BCUT2D eigenvalue weighted by molar-refractivity contribution is 4.94. The van der Waals surface area contributed by atoms with Gasteiger partial charge in [0.05, 0.1) is 6.54 Å². The van der Waals surface area contributed by atoms with E-state index >= 15 is 0 Å². The summed E-state index contributed by atoms with van der Waals surface area (Å²) < 4.78 is 4.22. The van der Waals surface area contributed by atoms with Crippen molar-refractivity contribution in [2.75, 3.05) is 6.54 Å². The van der Waals surface area contributed by atoms with Crippen LogP contribution in [0.2, 0.25) is 0 Å². The van der Waals surface area contributed by atoms with Crippen LogP contribution in [0.4, 0.5) is 0 Å². The van der Waals surface area contributed by atoms with E-state index in [0.717, 1.165) is 32.0 Å². The van der Waals surface area contributed by atoms with Gasteiger partial charge in [-0.2, -0.15) is 5.10 Å². The number of hydrogen-bond acceptors (Lipinski definition) is 3. The average Bonchev–Trinajstić information content (AvgIpc) is 2.88. The summed E-state index contributed by atoms with van der Waals surface area (Å²) in [6, 6.07) is 1.97. The molecule has 84 valence electrons. The predicted octanol–water partition coefficient (Wildman–Crippen LogP) is 0.499. The largest absolute Gasteiger partial charge is 0.333 e. The highest BCUT2D eigenvalue weighted by Gasteiger charge is 2.16. The molecule has 0 radical (unpaired) electrons. The SMILES string of the molecule is c1cnn(C[C@H]2CNCc3nccn3C2)c1. The highest BCUT2D eigenvalue weighted by Crippen LogP contribution is 2.10. The lowest BCUT2D eigenvalue weighted by atomic mass is 10.1. The van der Waals surface area contributed by atoms with Crippen LogP contribution in [0.5, 0.6) is 0 Å². The maximum absolute atomic E-state index is 4.33. The molecule has 5 nitrogen and oxygen atoms in total. The van der Waals surface area contributed by atoms with Crippen LogP contribution in [-0.4, -0.2) is 25.9 Å². The quantitative estimate of drug-likeness (QED) is 0.797. The smallest absolute Gasteiger partial charge is 0.122 e. The first-order chi connectivity index (χ1) is 7.92. The number of hydrogen-bond donors (Lipinski definition) is 1. The van der Waals surface area contributed by atoms with Crippen molar-refractivity contribution >= 4 is 0 Å². The molecule has 0 spiro atoms. The molecular weight excluding hydrogens is 202 g/mol. The van der Waals surface area contributed by atoms with Crippen molar-refractivity contribution in [3.05, 3.63) is 36.7 Å². The van der Waals surface area contributed by atoms with Gasteiger partial charge in [0.1, 0.15) is 5.82 Å². The summed E-state index contributed by atoms with van der Waals surface area (Å²) in [5.41, 5.74) is 0. The topological polar surface area (TPSA) is 47.7 Å². The van der Waals surface area contributed by atoms with E-state index in [4.69, 9.17) is 0 Å². The molecule has 1 aliphatic heterocycles. The Balaban J connectivity index is 1.73. The van der Waals surface area contributed by atoms with Crippen molar-refractivity contribution in [1.82, 2.24) is 24.6 Å². The predicted molar refractivity (Wildman–Crippen MR) is 59.7 cm³/mol. The van der Waals surface area contributed by atoms with E-state index < -0.39 is 0 Å². The number of rotatable bonds is 2. The van der Waals surface area contributed by atoms with Gasteiger partial charge in [-0.15, -0.1) is 0 Å². The lowest BCUT2D eigenvalue weighted by molar-refractivity contribution is 0.367. The first-order valence-electron chi connectivity index (χ1n) is 5.60. The fraction of sp³-hybridized carbons (Fsp3) is 0.455. The van der Waals surface area contributed by atoms with Crippen LogP contribution in [-0.2, 0) is 19.6 Å². The van der Waals surface area contributed by atoms with Gasteiger partial charge >= 0.3 is 0 Å². The third-order valence-corrected chi connectivity index (χ3v) is 2.98. The van der Waals surface area contributed by atoms with E-state index in [-0.39, 0.29) is 0 Å². The van der Waals surface area contributed by atoms with E-state index in [1.165, 1.54) is 0 Å². The molecule has 3 heterocycles. The van der Waals surface area contributed by atoms with Crippen LogP contribution in [0.15, 0.2) is 30.9 Å². The van der Waals surface area contributed by atoms with Crippen LogP contribution in [0.3, 0.4) is 0 Å². The Kier molecular flexibility index (Phi) is 2.46. The standard InChI is InChI=1S/C11H15N5/c1-2-14-16(4-1)9-10-6-12-7-11-13-3-5-15(11)8-10/h1-5,10,12H,6-9H2/t10-/m0/s1. The molecule has 3 rings (SSSR count). The number of nitrogens with one attached hydrogen (secondary N) is 1. The molecule has 5 heteroatoms. The van der Waals surface area contributed by atoms with Crippen LogP contribution in [0, 0.1) is 5.92 Å². The van der Waals surface area contributed by atoms with Gasteiger partial charge in [0.25, 0.3) is 0 Å². The van der Waals surface area contributed by atoms with Crippen LogP contribution in [0.1, 0.15) is 5.82 Å². The van der Waals surface area contributed by atoms with Crippen molar-refractivity contribution < 1.29 is 0 Å². The van der Waals surface area contributed by atoms with Gasteiger partial charge in [-0.3, -0.25) is 4.68 Å². The third-order valence-electron chi connectivity index (χ3n) is 2.98. The second kappa shape index (κ2) is 4.09. The first-order valence-corrected chi connectivity index (χ1v) is 5.60. The zero-order valence-corrected chi connectivity index (χ0v) is 9.08. The van der Waals surface area contributed by atoms with Crippen molar-refractivity contribution in [1.29, 1.82) is 0 Å². The Morgan fingerprint density at radius 2 is 2.38 bits per heavy atom. The Bertz CT molecular complexity index is 445. The summed E-state index contributed by atoms with van der Waals surface area (Å²) in [6.07, 6.45) is 7.76. The molecule has 0 aliphatic carbocycles. The summed E-state index contributed by atoms with van der Waals surface area (Å²) in [6.45, 7) is 3.85. The zero-order chi connectivity index (χ0) is 10.8. The number of aromatic nitrogens is 4. The van der Waals surface area contributed by atoms with Gasteiger partial charge in [-0.05, 0) is 6.07 Å². The van der Waals surface area contributed by atoms with E-state index in [1.54, 1.807) is 0 Å². The Morgan fingerprint density at radius 3 is 3.25 bits per heavy atom. The van der Waals surface area contributed by atoms with Crippen molar-refractivity contribution in [3.63, 3.8) is 0 Å². The van der Waals surface area contributed by atoms with E-state index in [1.807, 2.05) is 29.3 Å². The van der Waals surface area contributed by atoms with Crippen LogP contribution >= 0.6 is 0 Å². The van der Waals surface area contributed by atoms with E-state index in [9.17, 15) is 0 Å². The molecule has 1 N–H and O–H groups in total.